The molecule has 122 valence electrons. The molecule has 23 heavy (non-hydrogen) atoms. The van der Waals surface area contributed by atoms with Gasteiger partial charge in [0, 0.05) is 18.0 Å². The molecule has 0 spiro atoms. The van der Waals surface area contributed by atoms with Crippen molar-refractivity contribution in [2.24, 2.45) is 35.3 Å². The van der Waals surface area contributed by atoms with Crippen molar-refractivity contribution in [3.63, 3.8) is 0 Å². The highest BCUT2D eigenvalue weighted by molar-refractivity contribution is 5.92. The van der Waals surface area contributed by atoms with Gasteiger partial charge in [-0.15, -0.1) is 0 Å². The van der Waals surface area contributed by atoms with E-state index in [9.17, 15) is 9.59 Å². The Morgan fingerprint density at radius 2 is 1.52 bits per heavy atom. The van der Waals surface area contributed by atoms with Crippen molar-refractivity contribution in [1.82, 2.24) is 5.32 Å². The fraction of sp³-hybridized carbons (Fsp3) is 0.579. The number of hydrogen-bond donors (Lipinski definition) is 2. The number of rotatable bonds is 4. The molecule has 4 aliphatic carbocycles. The molecule has 1 aromatic rings. The molecule has 4 saturated carbocycles. The minimum Gasteiger partial charge on any atom is -0.366 e. The second-order valence-electron chi connectivity index (χ2n) is 7.74. The third-order valence-corrected chi connectivity index (χ3v) is 6.23. The predicted octanol–water partition coefficient (Wildman–Crippen LogP) is 2.47. The van der Waals surface area contributed by atoms with Gasteiger partial charge in [0.15, 0.2) is 0 Å². The van der Waals surface area contributed by atoms with Crippen LogP contribution in [0, 0.1) is 29.6 Å². The quantitative estimate of drug-likeness (QED) is 0.896. The van der Waals surface area contributed by atoms with Crippen molar-refractivity contribution in [1.29, 1.82) is 0 Å². The van der Waals surface area contributed by atoms with Crippen molar-refractivity contribution in [3.05, 3.63) is 35.4 Å². The van der Waals surface area contributed by atoms with Gasteiger partial charge in [-0.1, -0.05) is 12.1 Å². The maximum atomic E-state index is 12.7. The highest BCUT2D eigenvalue weighted by Gasteiger charge is 2.50. The Balaban J connectivity index is 1.37. The fourth-order valence-corrected chi connectivity index (χ4v) is 5.45. The lowest BCUT2D eigenvalue weighted by atomic mass is 9.51. The first-order valence-electron chi connectivity index (χ1n) is 8.76. The summed E-state index contributed by atoms with van der Waals surface area (Å²) in [5.41, 5.74) is 6.75. The SMILES string of the molecule is NC(=O)c1ccc(CNC(=O)C2C3CC4CC(C3)CC2C4)cc1. The lowest BCUT2D eigenvalue weighted by Crippen LogP contribution is -2.50. The molecule has 0 aromatic heterocycles. The lowest BCUT2D eigenvalue weighted by Gasteiger charge is -2.53. The zero-order chi connectivity index (χ0) is 16.0. The summed E-state index contributed by atoms with van der Waals surface area (Å²) in [5.74, 6) is 3.05. The molecule has 0 radical (unpaired) electrons. The second kappa shape index (κ2) is 5.66. The van der Waals surface area contributed by atoms with E-state index in [1.165, 1.54) is 32.1 Å². The number of nitrogens with one attached hydrogen (secondary N) is 1. The van der Waals surface area contributed by atoms with Crippen LogP contribution in [-0.2, 0) is 11.3 Å². The summed E-state index contributed by atoms with van der Waals surface area (Å²) < 4.78 is 0. The van der Waals surface area contributed by atoms with E-state index >= 15 is 0 Å². The molecule has 0 atom stereocenters. The molecule has 0 unspecified atom stereocenters. The zero-order valence-corrected chi connectivity index (χ0v) is 13.3. The van der Waals surface area contributed by atoms with Crippen molar-refractivity contribution in [3.8, 4) is 0 Å². The standard InChI is InChI=1S/C19H24N2O2/c20-18(22)14-3-1-11(2-4-14)10-21-19(23)17-15-6-12-5-13(8-15)9-16(17)7-12/h1-4,12-13,15-17H,5-10H2,(H2,20,22)(H,21,23). The number of primary amides is 1. The smallest absolute Gasteiger partial charge is 0.248 e. The van der Waals surface area contributed by atoms with E-state index in [-0.39, 0.29) is 11.8 Å². The third kappa shape index (κ3) is 2.75. The average Bonchev–Trinajstić information content (AvgIpc) is 2.52. The van der Waals surface area contributed by atoms with Crippen molar-refractivity contribution >= 4 is 11.8 Å². The summed E-state index contributed by atoms with van der Waals surface area (Å²) in [4.78, 5) is 23.8. The molecule has 0 saturated heterocycles. The molecule has 4 nitrogen and oxygen atoms in total. The molecule has 1 aromatic carbocycles. The van der Waals surface area contributed by atoms with Crippen LogP contribution in [0.4, 0.5) is 0 Å². The van der Waals surface area contributed by atoms with Crippen molar-refractivity contribution in [2.75, 3.05) is 0 Å². The molecule has 3 N–H and O–H groups in total. The number of carbonyl (C=O) groups is 2. The minimum atomic E-state index is -0.422. The maximum absolute atomic E-state index is 12.7. The van der Waals surface area contributed by atoms with Crippen molar-refractivity contribution in [2.45, 2.75) is 38.6 Å². The Morgan fingerprint density at radius 1 is 0.957 bits per heavy atom. The Morgan fingerprint density at radius 3 is 2.04 bits per heavy atom. The predicted molar refractivity (Wildman–Crippen MR) is 87.3 cm³/mol. The van der Waals surface area contributed by atoms with E-state index in [0.717, 1.165) is 17.4 Å². The monoisotopic (exact) mass is 312 g/mol. The average molecular weight is 312 g/mol. The van der Waals surface area contributed by atoms with E-state index in [0.29, 0.717) is 23.9 Å². The van der Waals surface area contributed by atoms with Crippen LogP contribution in [0.15, 0.2) is 24.3 Å². The molecule has 2 amide bonds. The first kappa shape index (κ1) is 14.7. The second-order valence-corrected chi connectivity index (χ2v) is 7.74. The van der Waals surface area contributed by atoms with Gasteiger partial charge in [0.2, 0.25) is 11.8 Å². The van der Waals surface area contributed by atoms with E-state index in [4.69, 9.17) is 5.73 Å². The summed E-state index contributed by atoms with van der Waals surface area (Å²) in [6.07, 6.45) is 6.46. The fourth-order valence-electron chi connectivity index (χ4n) is 5.45. The molecule has 5 rings (SSSR count). The van der Waals surface area contributed by atoms with Gasteiger partial charge in [-0.05, 0) is 73.5 Å². The van der Waals surface area contributed by atoms with Crippen LogP contribution in [0.2, 0.25) is 0 Å². The molecular weight excluding hydrogens is 288 g/mol. The van der Waals surface area contributed by atoms with Crippen LogP contribution in [0.5, 0.6) is 0 Å². The van der Waals surface area contributed by atoms with Gasteiger partial charge in [0.25, 0.3) is 0 Å². The van der Waals surface area contributed by atoms with E-state index in [1.54, 1.807) is 12.1 Å². The van der Waals surface area contributed by atoms with Gasteiger partial charge < -0.3 is 11.1 Å². The van der Waals surface area contributed by atoms with E-state index in [1.807, 2.05) is 12.1 Å². The molecule has 4 heteroatoms. The Bertz CT molecular complexity index is 595. The van der Waals surface area contributed by atoms with Gasteiger partial charge >= 0.3 is 0 Å². The third-order valence-electron chi connectivity index (χ3n) is 6.23. The molecule has 4 fully saturated rings. The normalized spacial score (nSPS) is 34.3. The minimum absolute atomic E-state index is 0.229. The highest BCUT2D eigenvalue weighted by Crippen LogP contribution is 2.56. The van der Waals surface area contributed by atoms with Crippen LogP contribution in [0.25, 0.3) is 0 Å². The van der Waals surface area contributed by atoms with E-state index < -0.39 is 5.91 Å². The topological polar surface area (TPSA) is 72.2 Å². The van der Waals surface area contributed by atoms with Gasteiger partial charge in [0.05, 0.1) is 0 Å². The summed E-state index contributed by atoms with van der Waals surface area (Å²) in [6.45, 7) is 0.528. The van der Waals surface area contributed by atoms with E-state index in [2.05, 4.69) is 5.32 Å². The summed E-state index contributed by atoms with van der Waals surface area (Å²) in [7, 11) is 0. The molecular formula is C19H24N2O2. The van der Waals surface area contributed by atoms with Crippen LogP contribution in [0.1, 0.15) is 48.0 Å². The number of hydrogen-bond acceptors (Lipinski definition) is 2. The van der Waals surface area contributed by atoms with Crippen molar-refractivity contribution < 1.29 is 9.59 Å². The Kier molecular flexibility index (Phi) is 3.63. The van der Waals surface area contributed by atoms with Crippen LogP contribution < -0.4 is 11.1 Å². The van der Waals surface area contributed by atoms with Crippen LogP contribution in [0.3, 0.4) is 0 Å². The largest absolute Gasteiger partial charge is 0.366 e. The maximum Gasteiger partial charge on any atom is 0.248 e. The molecule has 0 heterocycles. The summed E-state index contributed by atoms with van der Waals surface area (Å²) in [5, 5.41) is 3.12. The van der Waals surface area contributed by atoms with Gasteiger partial charge in [-0.2, -0.15) is 0 Å². The number of amides is 2. The first-order valence-corrected chi connectivity index (χ1v) is 8.76. The first-order chi connectivity index (χ1) is 11.1. The highest BCUT2D eigenvalue weighted by atomic mass is 16.2. The van der Waals surface area contributed by atoms with Crippen LogP contribution in [-0.4, -0.2) is 11.8 Å². The number of carbonyl (C=O) groups excluding carboxylic acids is 2. The Hall–Kier alpha value is -1.84. The number of benzene rings is 1. The lowest BCUT2D eigenvalue weighted by molar-refractivity contribution is -0.138. The van der Waals surface area contributed by atoms with Gasteiger partial charge in [-0.3, -0.25) is 9.59 Å². The van der Waals surface area contributed by atoms with Gasteiger partial charge in [0.1, 0.15) is 0 Å². The molecule has 0 aliphatic heterocycles. The van der Waals surface area contributed by atoms with Gasteiger partial charge in [-0.25, -0.2) is 0 Å². The van der Waals surface area contributed by atoms with Crippen LogP contribution >= 0.6 is 0 Å². The zero-order valence-electron chi connectivity index (χ0n) is 13.3. The summed E-state index contributed by atoms with van der Waals surface area (Å²) >= 11 is 0. The molecule has 4 aliphatic rings. The summed E-state index contributed by atoms with van der Waals surface area (Å²) in [6, 6.07) is 7.15. The Labute approximate surface area is 136 Å². The number of nitrogens with two attached hydrogens (primary N) is 1. The molecule has 4 bridgehead atoms.